The van der Waals surface area contributed by atoms with Crippen molar-refractivity contribution in [2.45, 2.75) is 23.1 Å². The summed E-state index contributed by atoms with van der Waals surface area (Å²) in [6.45, 7) is 1.62. The zero-order valence-corrected chi connectivity index (χ0v) is 14.4. The van der Waals surface area contributed by atoms with Gasteiger partial charge >= 0.3 is 0 Å². The molecule has 24 heavy (non-hydrogen) atoms. The monoisotopic (exact) mass is 366 g/mol. The van der Waals surface area contributed by atoms with Gasteiger partial charge in [-0.15, -0.1) is 11.8 Å². The van der Waals surface area contributed by atoms with E-state index in [1.165, 1.54) is 42.1 Å². The van der Waals surface area contributed by atoms with Crippen molar-refractivity contribution >= 4 is 39.1 Å². The van der Waals surface area contributed by atoms with Crippen molar-refractivity contribution in [2.24, 2.45) is 0 Å². The highest BCUT2D eigenvalue weighted by atomic mass is 32.2. The van der Waals surface area contributed by atoms with Crippen molar-refractivity contribution in [3.8, 4) is 0 Å². The zero-order valence-electron chi connectivity index (χ0n) is 12.8. The second-order valence-electron chi connectivity index (χ2n) is 5.37. The third kappa shape index (κ3) is 3.54. The summed E-state index contributed by atoms with van der Waals surface area (Å²) in [7, 11) is -3.84. The normalized spacial score (nSPS) is 14.5. The number of nitrogens with one attached hydrogen (secondary N) is 2. The first-order valence-electron chi connectivity index (χ1n) is 7.21. The maximum absolute atomic E-state index is 13.1. The maximum atomic E-state index is 13.1. The van der Waals surface area contributed by atoms with Gasteiger partial charge in [-0.2, -0.15) is 0 Å². The van der Waals surface area contributed by atoms with Crippen LogP contribution in [0.3, 0.4) is 0 Å². The van der Waals surface area contributed by atoms with E-state index >= 15 is 0 Å². The number of sulfonamides is 1. The summed E-state index contributed by atoms with van der Waals surface area (Å²) in [4.78, 5) is 12.5. The Labute approximate surface area is 143 Å². The second kappa shape index (κ2) is 6.45. The molecule has 0 fully saturated rings. The number of benzene rings is 2. The third-order valence-corrected chi connectivity index (χ3v) is 5.99. The number of halogens is 1. The lowest BCUT2D eigenvalue weighted by molar-refractivity contribution is -0.115. The summed E-state index contributed by atoms with van der Waals surface area (Å²) < 4.78 is 40.7. The predicted molar refractivity (Wildman–Crippen MR) is 92.4 cm³/mol. The van der Waals surface area contributed by atoms with E-state index in [-0.39, 0.29) is 10.8 Å². The van der Waals surface area contributed by atoms with Crippen molar-refractivity contribution in [1.29, 1.82) is 0 Å². The van der Waals surface area contributed by atoms with E-state index in [4.69, 9.17) is 0 Å². The largest absolute Gasteiger partial charge is 0.325 e. The van der Waals surface area contributed by atoms with Crippen molar-refractivity contribution < 1.29 is 17.6 Å². The first-order valence-corrected chi connectivity index (χ1v) is 9.68. The molecule has 0 bridgehead atoms. The van der Waals surface area contributed by atoms with Gasteiger partial charge in [0, 0.05) is 17.1 Å². The smallest absolute Gasteiger partial charge is 0.261 e. The first-order chi connectivity index (χ1) is 11.3. The van der Waals surface area contributed by atoms with E-state index in [1.54, 1.807) is 13.0 Å². The summed E-state index contributed by atoms with van der Waals surface area (Å²) in [5, 5.41) is 2.72. The van der Waals surface area contributed by atoms with Crippen LogP contribution in [0.4, 0.5) is 15.8 Å². The highest BCUT2D eigenvalue weighted by Gasteiger charge is 2.20. The Kier molecular flexibility index (Phi) is 4.51. The topological polar surface area (TPSA) is 75.3 Å². The fourth-order valence-electron chi connectivity index (χ4n) is 2.31. The van der Waals surface area contributed by atoms with Crippen LogP contribution in [-0.2, 0) is 14.8 Å². The molecule has 1 aliphatic heterocycles. The highest BCUT2D eigenvalue weighted by Crippen LogP contribution is 2.33. The number of aryl methyl sites for hydroxylation is 1. The molecule has 0 saturated heterocycles. The van der Waals surface area contributed by atoms with Gasteiger partial charge in [0.15, 0.2) is 0 Å². The lowest BCUT2D eigenvalue weighted by Crippen LogP contribution is -2.15. The number of carbonyl (C=O) groups excluding carboxylic acids is 1. The predicted octanol–water partition coefficient (Wildman–Crippen LogP) is 3.37. The fourth-order valence-corrected chi connectivity index (χ4v) is 4.41. The van der Waals surface area contributed by atoms with Gasteiger partial charge in [0.2, 0.25) is 5.91 Å². The van der Waals surface area contributed by atoms with Gasteiger partial charge < -0.3 is 5.32 Å². The van der Waals surface area contributed by atoms with Crippen LogP contribution in [0.1, 0.15) is 12.0 Å². The maximum Gasteiger partial charge on any atom is 0.261 e. The fraction of sp³-hybridized carbons (Fsp3) is 0.188. The first kappa shape index (κ1) is 16.8. The standard InChI is InChI=1S/C16H15FN2O3S2/c1-10-8-11(17)2-4-13(10)19-24(21,22)12-3-5-15-14(9-12)18-16(20)6-7-23-15/h2-5,8-9,19H,6-7H2,1H3,(H,18,20). The molecule has 3 rings (SSSR count). The Morgan fingerprint density at radius 3 is 2.75 bits per heavy atom. The van der Waals surface area contributed by atoms with Gasteiger partial charge in [0.25, 0.3) is 10.0 Å². The number of anilines is 2. The minimum absolute atomic E-state index is 0.0350. The molecular weight excluding hydrogens is 351 g/mol. The Hall–Kier alpha value is -2.06. The molecule has 5 nitrogen and oxygen atoms in total. The van der Waals surface area contributed by atoms with E-state index in [1.807, 2.05) is 0 Å². The molecule has 126 valence electrons. The Bertz CT molecular complexity index is 914. The van der Waals surface area contributed by atoms with Crippen LogP contribution < -0.4 is 10.0 Å². The minimum Gasteiger partial charge on any atom is -0.325 e. The van der Waals surface area contributed by atoms with Crippen molar-refractivity contribution in [3.05, 3.63) is 47.8 Å². The molecule has 2 aromatic rings. The number of rotatable bonds is 3. The molecule has 1 heterocycles. The van der Waals surface area contributed by atoms with Crippen molar-refractivity contribution in [3.63, 3.8) is 0 Å². The van der Waals surface area contributed by atoms with Crippen LogP contribution in [0.15, 0.2) is 46.2 Å². The molecule has 1 aliphatic rings. The lowest BCUT2D eigenvalue weighted by atomic mass is 10.2. The number of amides is 1. The van der Waals surface area contributed by atoms with Crippen molar-refractivity contribution in [2.75, 3.05) is 15.8 Å². The van der Waals surface area contributed by atoms with E-state index < -0.39 is 15.8 Å². The van der Waals surface area contributed by atoms with Gasteiger partial charge in [-0.1, -0.05) is 0 Å². The second-order valence-corrected chi connectivity index (χ2v) is 8.19. The van der Waals surface area contributed by atoms with E-state index in [2.05, 4.69) is 10.0 Å². The van der Waals surface area contributed by atoms with Crippen LogP contribution in [0.5, 0.6) is 0 Å². The Balaban J connectivity index is 1.94. The number of hydrogen-bond acceptors (Lipinski definition) is 4. The number of thioether (sulfide) groups is 1. The highest BCUT2D eigenvalue weighted by molar-refractivity contribution is 7.99. The average Bonchev–Trinajstić information content (AvgIpc) is 2.69. The van der Waals surface area contributed by atoms with Crippen LogP contribution in [0.25, 0.3) is 0 Å². The molecule has 0 saturated carbocycles. The summed E-state index contributed by atoms with van der Waals surface area (Å²) >= 11 is 1.50. The van der Waals surface area contributed by atoms with Gasteiger partial charge in [0.1, 0.15) is 5.82 Å². The Morgan fingerprint density at radius 2 is 2.00 bits per heavy atom. The molecule has 0 atom stereocenters. The SMILES string of the molecule is Cc1cc(F)ccc1NS(=O)(=O)c1ccc2c(c1)NC(=O)CCS2. The zero-order chi connectivity index (χ0) is 17.3. The molecule has 2 N–H and O–H groups in total. The van der Waals surface area contributed by atoms with Gasteiger partial charge in [-0.3, -0.25) is 9.52 Å². The van der Waals surface area contributed by atoms with Gasteiger partial charge in [-0.25, -0.2) is 12.8 Å². The number of hydrogen-bond donors (Lipinski definition) is 2. The molecule has 0 unspecified atom stereocenters. The summed E-state index contributed by atoms with van der Waals surface area (Å²) in [5.41, 5.74) is 1.28. The van der Waals surface area contributed by atoms with Crippen LogP contribution in [0, 0.1) is 12.7 Å². The molecule has 2 aromatic carbocycles. The Morgan fingerprint density at radius 1 is 1.21 bits per heavy atom. The number of carbonyl (C=O) groups is 1. The molecule has 0 spiro atoms. The lowest BCUT2D eigenvalue weighted by Gasteiger charge is -2.13. The molecule has 1 amide bonds. The van der Waals surface area contributed by atoms with Crippen LogP contribution in [0.2, 0.25) is 0 Å². The number of fused-ring (bicyclic) bond motifs is 1. The average molecular weight is 366 g/mol. The summed E-state index contributed by atoms with van der Waals surface area (Å²) in [5.74, 6) is 0.0798. The van der Waals surface area contributed by atoms with Crippen molar-refractivity contribution in [1.82, 2.24) is 0 Å². The molecule has 0 radical (unpaired) electrons. The molecular formula is C16H15FN2O3S2. The summed E-state index contributed by atoms with van der Waals surface area (Å²) in [6, 6.07) is 8.43. The van der Waals surface area contributed by atoms with Gasteiger partial charge in [-0.05, 0) is 48.9 Å². The third-order valence-electron chi connectivity index (χ3n) is 3.55. The molecule has 0 aromatic heterocycles. The van der Waals surface area contributed by atoms with E-state index in [0.29, 0.717) is 29.1 Å². The molecule has 8 heteroatoms. The molecule has 0 aliphatic carbocycles. The van der Waals surface area contributed by atoms with Gasteiger partial charge in [0.05, 0.1) is 16.3 Å². The van der Waals surface area contributed by atoms with E-state index in [9.17, 15) is 17.6 Å². The summed E-state index contributed by atoms with van der Waals surface area (Å²) in [6.07, 6.45) is 0.383. The van der Waals surface area contributed by atoms with Crippen LogP contribution in [-0.4, -0.2) is 20.1 Å². The van der Waals surface area contributed by atoms with E-state index in [0.717, 1.165) is 4.90 Å². The van der Waals surface area contributed by atoms with Crippen LogP contribution >= 0.6 is 11.8 Å². The minimum atomic E-state index is -3.84. The quantitative estimate of drug-likeness (QED) is 0.873.